The lowest BCUT2D eigenvalue weighted by Crippen LogP contribution is -2.00. The Kier molecular flexibility index (Phi) is 5.39. The summed E-state index contributed by atoms with van der Waals surface area (Å²) >= 11 is 1.48. The van der Waals surface area contributed by atoms with Gasteiger partial charge in [-0.2, -0.15) is 5.10 Å². The molecule has 0 spiro atoms. The van der Waals surface area contributed by atoms with Crippen LogP contribution in [-0.4, -0.2) is 32.0 Å². The van der Waals surface area contributed by atoms with Crippen LogP contribution in [0.15, 0.2) is 28.8 Å². The van der Waals surface area contributed by atoms with Crippen molar-refractivity contribution in [3.05, 3.63) is 29.3 Å². The van der Waals surface area contributed by atoms with Crippen LogP contribution in [0.4, 0.5) is 5.13 Å². The Labute approximate surface area is 127 Å². The van der Waals surface area contributed by atoms with E-state index in [1.165, 1.54) is 11.3 Å². The van der Waals surface area contributed by atoms with Gasteiger partial charge in [0.05, 0.1) is 27.0 Å². The third-order valence-electron chi connectivity index (χ3n) is 2.58. The molecule has 0 radical (unpaired) electrons. The van der Waals surface area contributed by atoms with Crippen molar-refractivity contribution in [2.24, 2.45) is 5.10 Å². The number of benzene rings is 1. The van der Waals surface area contributed by atoms with Crippen molar-refractivity contribution < 1.29 is 14.2 Å². The number of hydrazone groups is 1. The topological polar surface area (TPSA) is 65.0 Å². The fourth-order valence-corrected chi connectivity index (χ4v) is 2.18. The van der Waals surface area contributed by atoms with Gasteiger partial charge in [0.2, 0.25) is 10.9 Å². The van der Waals surface area contributed by atoms with Crippen LogP contribution in [0.2, 0.25) is 0 Å². The number of rotatable bonds is 7. The standard InChI is InChI=1S/C14H17N3O3S/c1-4-20-13-11(18-2)7-10(8-12(13)19-3)9-16-17-14-15-5-6-21-14/h5-9H,4H2,1-3H3,(H,15,17)/b16-9-. The first-order chi connectivity index (χ1) is 10.3. The SMILES string of the molecule is CCOc1c(OC)cc(/C=N\Nc2nccs2)cc1OC. The second-order valence-corrected chi connectivity index (χ2v) is 4.79. The van der Waals surface area contributed by atoms with Crippen molar-refractivity contribution in [3.63, 3.8) is 0 Å². The maximum atomic E-state index is 5.55. The highest BCUT2D eigenvalue weighted by Gasteiger charge is 2.13. The molecule has 0 unspecified atom stereocenters. The molecule has 1 aromatic heterocycles. The molecule has 0 aliphatic heterocycles. The minimum atomic E-state index is 0.533. The first-order valence-electron chi connectivity index (χ1n) is 6.35. The zero-order valence-corrected chi connectivity index (χ0v) is 12.9. The molecule has 0 atom stereocenters. The number of ether oxygens (including phenoxy) is 3. The van der Waals surface area contributed by atoms with E-state index < -0.39 is 0 Å². The summed E-state index contributed by atoms with van der Waals surface area (Å²) in [5.74, 6) is 1.80. The summed E-state index contributed by atoms with van der Waals surface area (Å²) in [5.41, 5.74) is 3.68. The average Bonchev–Trinajstić information content (AvgIpc) is 3.01. The molecule has 0 saturated heterocycles. The van der Waals surface area contributed by atoms with Crippen molar-refractivity contribution in [3.8, 4) is 17.2 Å². The molecule has 0 amide bonds. The molecule has 0 aliphatic carbocycles. The Morgan fingerprint density at radius 3 is 2.52 bits per heavy atom. The highest BCUT2D eigenvalue weighted by molar-refractivity contribution is 7.13. The van der Waals surface area contributed by atoms with E-state index in [9.17, 15) is 0 Å². The molecule has 1 aromatic carbocycles. The normalized spacial score (nSPS) is 10.6. The molecule has 1 heterocycles. The van der Waals surface area contributed by atoms with Crippen LogP contribution in [0, 0.1) is 0 Å². The van der Waals surface area contributed by atoms with Gasteiger partial charge in [0.25, 0.3) is 0 Å². The number of hydrogen-bond donors (Lipinski definition) is 1. The summed E-state index contributed by atoms with van der Waals surface area (Å²) in [6, 6.07) is 3.67. The van der Waals surface area contributed by atoms with Gasteiger partial charge >= 0.3 is 0 Å². The van der Waals surface area contributed by atoms with Crippen molar-refractivity contribution in [2.75, 3.05) is 26.3 Å². The maximum Gasteiger partial charge on any atom is 0.203 e. The number of nitrogens with zero attached hydrogens (tertiary/aromatic N) is 2. The van der Waals surface area contributed by atoms with E-state index in [2.05, 4.69) is 15.5 Å². The average molecular weight is 307 g/mol. The molecule has 6 nitrogen and oxygen atoms in total. The van der Waals surface area contributed by atoms with E-state index >= 15 is 0 Å². The van der Waals surface area contributed by atoms with Crippen LogP contribution < -0.4 is 19.6 Å². The summed E-state index contributed by atoms with van der Waals surface area (Å²) in [6.45, 7) is 2.44. The van der Waals surface area contributed by atoms with Crippen molar-refractivity contribution in [2.45, 2.75) is 6.92 Å². The Hall–Kier alpha value is -2.28. The van der Waals surface area contributed by atoms with Crippen LogP contribution in [0.5, 0.6) is 17.2 Å². The van der Waals surface area contributed by atoms with Crippen molar-refractivity contribution in [1.29, 1.82) is 0 Å². The highest BCUT2D eigenvalue weighted by Crippen LogP contribution is 2.38. The van der Waals surface area contributed by atoms with Gasteiger partial charge in [-0.3, -0.25) is 5.43 Å². The second kappa shape index (κ2) is 7.49. The molecule has 112 valence electrons. The maximum absolute atomic E-state index is 5.55. The van der Waals surface area contributed by atoms with E-state index in [1.807, 2.05) is 24.4 Å². The number of hydrogen-bond acceptors (Lipinski definition) is 7. The molecule has 7 heteroatoms. The fourth-order valence-electron chi connectivity index (χ4n) is 1.70. The lowest BCUT2D eigenvalue weighted by molar-refractivity contribution is 0.288. The van der Waals surface area contributed by atoms with Crippen LogP contribution in [0.1, 0.15) is 12.5 Å². The van der Waals surface area contributed by atoms with Crippen molar-refractivity contribution >= 4 is 22.7 Å². The zero-order valence-electron chi connectivity index (χ0n) is 12.1. The zero-order chi connectivity index (χ0) is 15.1. The van der Waals surface area contributed by atoms with Gasteiger partial charge in [-0.15, -0.1) is 11.3 Å². The van der Waals surface area contributed by atoms with Gasteiger partial charge in [0.1, 0.15) is 0 Å². The highest BCUT2D eigenvalue weighted by atomic mass is 32.1. The number of anilines is 1. The summed E-state index contributed by atoms with van der Waals surface area (Å²) in [7, 11) is 3.18. The third kappa shape index (κ3) is 3.85. The summed E-state index contributed by atoms with van der Waals surface area (Å²) < 4.78 is 16.2. The lowest BCUT2D eigenvalue weighted by Gasteiger charge is -2.14. The van der Waals surface area contributed by atoms with E-state index in [1.54, 1.807) is 26.6 Å². The van der Waals surface area contributed by atoms with E-state index in [4.69, 9.17) is 14.2 Å². The van der Waals surface area contributed by atoms with E-state index in [0.717, 1.165) is 10.7 Å². The summed E-state index contributed by atoms with van der Waals surface area (Å²) in [4.78, 5) is 4.08. The van der Waals surface area contributed by atoms with Gasteiger partial charge in [-0.05, 0) is 19.1 Å². The smallest absolute Gasteiger partial charge is 0.203 e. The van der Waals surface area contributed by atoms with Crippen LogP contribution in [0.3, 0.4) is 0 Å². The van der Waals surface area contributed by atoms with Gasteiger partial charge < -0.3 is 14.2 Å². The Bertz CT molecular complexity index is 575. The largest absolute Gasteiger partial charge is 0.493 e. The molecule has 21 heavy (non-hydrogen) atoms. The first-order valence-corrected chi connectivity index (χ1v) is 7.23. The quantitative estimate of drug-likeness (QED) is 0.629. The second-order valence-electron chi connectivity index (χ2n) is 3.89. The molecular weight excluding hydrogens is 290 g/mol. The van der Waals surface area contributed by atoms with Gasteiger partial charge in [0.15, 0.2) is 11.5 Å². The molecule has 0 aliphatic rings. The molecule has 1 N–H and O–H groups in total. The van der Waals surface area contributed by atoms with Crippen LogP contribution in [-0.2, 0) is 0 Å². The molecule has 0 saturated carbocycles. The lowest BCUT2D eigenvalue weighted by atomic mass is 10.2. The minimum Gasteiger partial charge on any atom is -0.493 e. The van der Waals surface area contributed by atoms with Crippen molar-refractivity contribution in [1.82, 2.24) is 4.98 Å². The van der Waals surface area contributed by atoms with Crippen LogP contribution in [0.25, 0.3) is 0 Å². The molecule has 0 bridgehead atoms. The minimum absolute atomic E-state index is 0.533. The Morgan fingerprint density at radius 1 is 1.29 bits per heavy atom. The Balaban J connectivity index is 2.21. The third-order valence-corrected chi connectivity index (χ3v) is 3.26. The number of methoxy groups -OCH3 is 2. The number of thiazole rings is 1. The predicted molar refractivity (Wildman–Crippen MR) is 84.0 cm³/mol. The summed E-state index contributed by atoms with van der Waals surface area (Å²) in [5, 5.41) is 6.74. The van der Waals surface area contributed by atoms with E-state index in [0.29, 0.717) is 23.9 Å². The molecule has 0 fully saturated rings. The fraction of sp³-hybridized carbons (Fsp3) is 0.286. The van der Waals surface area contributed by atoms with Crippen LogP contribution >= 0.6 is 11.3 Å². The van der Waals surface area contributed by atoms with E-state index in [-0.39, 0.29) is 0 Å². The summed E-state index contributed by atoms with van der Waals surface area (Å²) in [6.07, 6.45) is 3.38. The predicted octanol–water partition coefficient (Wildman–Crippen LogP) is 3.01. The molecular formula is C14H17N3O3S. The van der Waals surface area contributed by atoms with Gasteiger partial charge in [-0.1, -0.05) is 0 Å². The van der Waals surface area contributed by atoms with Gasteiger partial charge in [-0.25, -0.2) is 4.98 Å². The molecule has 2 aromatic rings. The number of aromatic nitrogens is 1. The monoisotopic (exact) mass is 307 g/mol. The number of nitrogens with one attached hydrogen (secondary N) is 1. The Morgan fingerprint density at radius 2 is 2.00 bits per heavy atom. The first kappa shape index (κ1) is 15.1. The molecule has 2 rings (SSSR count). The van der Waals surface area contributed by atoms with Gasteiger partial charge in [0, 0.05) is 17.1 Å².